The fourth-order valence-corrected chi connectivity index (χ4v) is 1.44. The Balaban J connectivity index is 0. The quantitative estimate of drug-likeness (QED) is 0.319. The van der Waals surface area contributed by atoms with Gasteiger partial charge in [0.1, 0.15) is 0 Å². The van der Waals surface area contributed by atoms with Crippen LogP contribution in [0.15, 0.2) is 0 Å². The van der Waals surface area contributed by atoms with Gasteiger partial charge in [0.15, 0.2) is 0 Å². The standard InChI is InChI=1S/C6H15P.Na/c1-3-5-6-7-4-2;/h7H,3-6H2,1-2H3;. The van der Waals surface area contributed by atoms with Crippen molar-refractivity contribution in [1.82, 2.24) is 0 Å². The summed E-state index contributed by atoms with van der Waals surface area (Å²) in [7, 11) is 1.22. The van der Waals surface area contributed by atoms with Gasteiger partial charge in [0.2, 0.25) is 0 Å². The maximum absolute atomic E-state index is 2.26. The molecule has 0 aliphatic rings. The molecule has 0 heterocycles. The van der Waals surface area contributed by atoms with Gasteiger partial charge in [-0.2, -0.15) is 0 Å². The first-order valence-corrected chi connectivity index (χ1v) is 4.54. The van der Waals surface area contributed by atoms with E-state index in [-0.39, 0.29) is 29.6 Å². The third-order valence-corrected chi connectivity index (χ3v) is 2.16. The molecule has 0 spiro atoms. The topological polar surface area (TPSA) is 0 Å². The van der Waals surface area contributed by atoms with Crippen LogP contribution in [0.1, 0.15) is 26.7 Å². The molecule has 0 rings (SSSR count). The van der Waals surface area contributed by atoms with E-state index in [0.29, 0.717) is 0 Å². The normalized spacial score (nSPS) is 9.75. The Morgan fingerprint density at radius 3 is 2.25 bits per heavy atom. The van der Waals surface area contributed by atoms with Gasteiger partial charge in [-0.05, 0) is 18.7 Å². The van der Waals surface area contributed by atoms with Crippen molar-refractivity contribution in [3.63, 3.8) is 0 Å². The van der Waals surface area contributed by atoms with Gasteiger partial charge < -0.3 is 0 Å². The van der Waals surface area contributed by atoms with Crippen LogP contribution in [-0.2, 0) is 0 Å². The first-order valence-electron chi connectivity index (χ1n) is 3.12. The van der Waals surface area contributed by atoms with Crippen LogP contribution in [0.4, 0.5) is 0 Å². The summed E-state index contributed by atoms with van der Waals surface area (Å²) in [5.74, 6) is 0. The first-order chi connectivity index (χ1) is 3.41. The van der Waals surface area contributed by atoms with E-state index in [4.69, 9.17) is 0 Å². The van der Waals surface area contributed by atoms with Gasteiger partial charge in [0, 0.05) is 29.6 Å². The Bertz CT molecular complexity index is 27.7. The van der Waals surface area contributed by atoms with Crippen molar-refractivity contribution in [2.24, 2.45) is 0 Å². The van der Waals surface area contributed by atoms with E-state index in [0.717, 1.165) is 0 Å². The van der Waals surface area contributed by atoms with Crippen LogP contribution >= 0.6 is 8.58 Å². The maximum atomic E-state index is 2.26. The molecule has 0 aromatic rings. The van der Waals surface area contributed by atoms with E-state index in [2.05, 4.69) is 13.8 Å². The third-order valence-electron chi connectivity index (χ3n) is 0.957. The second kappa shape index (κ2) is 11.3. The third kappa shape index (κ3) is 10.4. The number of rotatable bonds is 4. The van der Waals surface area contributed by atoms with Crippen molar-refractivity contribution in [3.8, 4) is 0 Å². The van der Waals surface area contributed by atoms with Crippen LogP contribution in [0.25, 0.3) is 0 Å². The molecule has 0 saturated heterocycles. The summed E-state index contributed by atoms with van der Waals surface area (Å²) in [5, 5.41) is 0. The van der Waals surface area contributed by atoms with Gasteiger partial charge in [-0.1, -0.05) is 20.3 Å². The molecule has 0 saturated carbocycles. The predicted molar refractivity (Wildman–Crippen MR) is 44.4 cm³/mol. The molecular weight excluding hydrogens is 126 g/mol. The van der Waals surface area contributed by atoms with Crippen LogP contribution < -0.4 is 0 Å². The van der Waals surface area contributed by atoms with Crippen LogP contribution in [0.2, 0.25) is 0 Å². The molecule has 0 aliphatic carbocycles. The first kappa shape index (κ1) is 12.1. The second-order valence-electron chi connectivity index (χ2n) is 1.71. The Labute approximate surface area is 76.9 Å². The van der Waals surface area contributed by atoms with Crippen LogP contribution in [0.5, 0.6) is 0 Å². The summed E-state index contributed by atoms with van der Waals surface area (Å²) >= 11 is 0. The van der Waals surface area contributed by atoms with Gasteiger partial charge in [-0.25, -0.2) is 0 Å². The fourth-order valence-electron chi connectivity index (χ4n) is 0.479. The monoisotopic (exact) mass is 141 g/mol. The number of unbranched alkanes of at least 4 members (excludes halogenated alkanes) is 1. The van der Waals surface area contributed by atoms with E-state index in [1.54, 1.807) is 0 Å². The largest absolute Gasteiger partial charge is 0.122 e. The van der Waals surface area contributed by atoms with E-state index in [1.165, 1.54) is 33.7 Å². The molecule has 0 aromatic heterocycles. The Morgan fingerprint density at radius 1 is 1.25 bits per heavy atom. The minimum Gasteiger partial charge on any atom is -0.122 e. The van der Waals surface area contributed by atoms with Gasteiger partial charge in [0.05, 0.1) is 0 Å². The molecule has 2 heteroatoms. The molecule has 8 heavy (non-hydrogen) atoms. The molecule has 0 aromatic carbocycles. The van der Waals surface area contributed by atoms with Crippen molar-refractivity contribution >= 4 is 38.1 Å². The Hall–Kier alpha value is 1.43. The molecule has 0 amide bonds. The van der Waals surface area contributed by atoms with Crippen LogP contribution in [-0.4, -0.2) is 41.9 Å². The van der Waals surface area contributed by atoms with E-state index >= 15 is 0 Å². The average Bonchev–Trinajstić information content (AvgIpc) is 1.69. The van der Waals surface area contributed by atoms with Crippen molar-refractivity contribution in [1.29, 1.82) is 0 Å². The number of hydrogen-bond acceptors (Lipinski definition) is 0. The minimum absolute atomic E-state index is 0. The molecule has 0 nitrogen and oxygen atoms in total. The van der Waals surface area contributed by atoms with Crippen LogP contribution in [0.3, 0.4) is 0 Å². The average molecular weight is 141 g/mol. The Kier molecular flexibility index (Phi) is 17.1. The van der Waals surface area contributed by atoms with Crippen molar-refractivity contribution in [2.75, 3.05) is 12.3 Å². The molecule has 0 fully saturated rings. The zero-order chi connectivity index (χ0) is 5.54. The molecule has 0 aliphatic heterocycles. The Morgan fingerprint density at radius 2 is 1.88 bits per heavy atom. The summed E-state index contributed by atoms with van der Waals surface area (Å²) in [6.07, 6.45) is 5.66. The summed E-state index contributed by atoms with van der Waals surface area (Å²) in [5.41, 5.74) is 0. The van der Waals surface area contributed by atoms with Crippen molar-refractivity contribution in [2.45, 2.75) is 26.7 Å². The molecule has 0 bridgehead atoms. The molecular formula is C6H15NaP. The van der Waals surface area contributed by atoms with Gasteiger partial charge in [-0.3, -0.25) is 0 Å². The van der Waals surface area contributed by atoms with E-state index in [9.17, 15) is 0 Å². The van der Waals surface area contributed by atoms with Crippen molar-refractivity contribution in [3.05, 3.63) is 0 Å². The SMILES string of the molecule is CCCCPCC.[Na]. The smallest absolute Gasteiger partial charge is 0 e. The predicted octanol–water partition coefficient (Wildman–Crippen LogP) is 2.10. The van der Waals surface area contributed by atoms with E-state index < -0.39 is 0 Å². The molecule has 1 radical (unpaired) electrons. The van der Waals surface area contributed by atoms with Crippen LogP contribution in [0, 0.1) is 0 Å². The minimum atomic E-state index is 0. The number of hydrogen-bond donors (Lipinski definition) is 0. The summed E-state index contributed by atoms with van der Waals surface area (Å²) in [6.45, 7) is 4.51. The van der Waals surface area contributed by atoms with Gasteiger partial charge >= 0.3 is 0 Å². The summed E-state index contributed by atoms with van der Waals surface area (Å²) < 4.78 is 0. The van der Waals surface area contributed by atoms with Gasteiger partial charge in [-0.15, -0.1) is 8.58 Å². The summed E-state index contributed by atoms with van der Waals surface area (Å²) in [4.78, 5) is 0. The molecule has 0 N–H and O–H groups in total. The zero-order valence-electron chi connectivity index (χ0n) is 6.33. The fraction of sp³-hybridized carbons (Fsp3) is 1.00. The van der Waals surface area contributed by atoms with Crippen molar-refractivity contribution < 1.29 is 0 Å². The molecule has 1 atom stereocenters. The van der Waals surface area contributed by atoms with E-state index in [1.807, 2.05) is 0 Å². The van der Waals surface area contributed by atoms with Gasteiger partial charge in [0.25, 0.3) is 0 Å². The summed E-state index contributed by atoms with van der Waals surface area (Å²) in [6, 6.07) is 0. The zero-order valence-corrected chi connectivity index (χ0v) is 9.33. The second-order valence-corrected chi connectivity index (χ2v) is 3.41. The molecule has 1 unspecified atom stereocenters. The molecule has 45 valence electrons. The maximum Gasteiger partial charge on any atom is 0 e.